The first-order valence-electron chi connectivity index (χ1n) is 8.25. The van der Waals surface area contributed by atoms with Crippen LogP contribution >= 0.6 is 0 Å². The average Bonchev–Trinajstić information content (AvgIpc) is 2.53. The molecule has 0 radical (unpaired) electrons. The van der Waals surface area contributed by atoms with Crippen LogP contribution in [0.1, 0.15) is 55.3 Å². The number of carbonyl (C=O) groups excluding carboxylic acids is 1. The Morgan fingerprint density at radius 1 is 1.04 bits per heavy atom. The molecule has 0 fully saturated rings. The lowest BCUT2D eigenvalue weighted by Crippen LogP contribution is -2.23. The standard InChI is InChI=1S/C20H24N2O3/c1-12(2)21-18-15(17(23)20(3,4)5)10-11-16(22-18)13-6-8-14(9-7-13)19(24)25/h6-12H,1-5H3,(H,21,22)(H,24,25). The lowest BCUT2D eigenvalue weighted by molar-refractivity contribution is 0.0696. The average molecular weight is 340 g/mol. The number of carbonyl (C=O) groups is 2. The van der Waals surface area contributed by atoms with Crippen LogP contribution < -0.4 is 5.32 Å². The number of carboxylic acid groups (broad SMARTS) is 1. The van der Waals surface area contributed by atoms with Crippen LogP contribution in [0.4, 0.5) is 5.82 Å². The number of aromatic carboxylic acids is 1. The molecule has 5 nitrogen and oxygen atoms in total. The molecule has 1 aromatic heterocycles. The highest BCUT2D eigenvalue weighted by Gasteiger charge is 2.26. The predicted octanol–water partition coefficient (Wildman–Crippen LogP) is 4.50. The number of benzene rings is 1. The molecular formula is C20H24N2O3. The van der Waals surface area contributed by atoms with Crippen LogP contribution in [0.5, 0.6) is 0 Å². The second kappa shape index (κ2) is 7.05. The fourth-order valence-corrected chi connectivity index (χ4v) is 2.37. The van der Waals surface area contributed by atoms with Crippen molar-refractivity contribution in [3.8, 4) is 11.3 Å². The van der Waals surface area contributed by atoms with Crippen molar-refractivity contribution in [2.45, 2.75) is 40.7 Å². The maximum atomic E-state index is 12.7. The zero-order chi connectivity index (χ0) is 18.8. The summed E-state index contributed by atoms with van der Waals surface area (Å²) in [6, 6.07) is 10.2. The number of Topliss-reactive ketones (excluding diaryl/α,β-unsaturated/α-hetero) is 1. The van der Waals surface area contributed by atoms with Crippen molar-refractivity contribution >= 4 is 17.6 Å². The molecule has 5 heteroatoms. The van der Waals surface area contributed by atoms with Crippen LogP contribution in [0.3, 0.4) is 0 Å². The van der Waals surface area contributed by atoms with Crippen molar-refractivity contribution in [2.75, 3.05) is 5.32 Å². The smallest absolute Gasteiger partial charge is 0.335 e. The topological polar surface area (TPSA) is 79.3 Å². The van der Waals surface area contributed by atoms with Gasteiger partial charge >= 0.3 is 5.97 Å². The maximum absolute atomic E-state index is 12.7. The normalized spacial score (nSPS) is 11.4. The van der Waals surface area contributed by atoms with E-state index in [-0.39, 0.29) is 17.4 Å². The Balaban J connectivity index is 2.48. The number of hydrogen-bond donors (Lipinski definition) is 2. The number of ketones is 1. The lowest BCUT2D eigenvalue weighted by atomic mass is 9.86. The second-order valence-corrected chi connectivity index (χ2v) is 7.35. The minimum absolute atomic E-state index is 0.0240. The Morgan fingerprint density at radius 3 is 2.12 bits per heavy atom. The summed E-state index contributed by atoms with van der Waals surface area (Å²) in [6.45, 7) is 9.62. The molecule has 0 bridgehead atoms. The van der Waals surface area contributed by atoms with Crippen LogP contribution in [-0.4, -0.2) is 27.9 Å². The van der Waals surface area contributed by atoms with E-state index >= 15 is 0 Å². The zero-order valence-corrected chi connectivity index (χ0v) is 15.3. The molecule has 0 aliphatic carbocycles. The number of anilines is 1. The van der Waals surface area contributed by atoms with Crippen LogP contribution in [-0.2, 0) is 0 Å². The molecule has 2 N–H and O–H groups in total. The van der Waals surface area contributed by atoms with Crippen LogP contribution in [0, 0.1) is 5.41 Å². The molecular weight excluding hydrogens is 316 g/mol. The molecule has 0 aliphatic heterocycles. The summed E-state index contributed by atoms with van der Waals surface area (Å²) in [6.07, 6.45) is 0. The molecule has 2 rings (SSSR count). The number of aromatic nitrogens is 1. The Labute approximate surface area is 148 Å². The summed E-state index contributed by atoms with van der Waals surface area (Å²) < 4.78 is 0. The summed E-state index contributed by atoms with van der Waals surface area (Å²) in [5.41, 5.74) is 1.77. The van der Waals surface area contributed by atoms with Crippen LogP contribution in [0.2, 0.25) is 0 Å². The largest absolute Gasteiger partial charge is 0.478 e. The first kappa shape index (κ1) is 18.6. The van der Waals surface area contributed by atoms with E-state index < -0.39 is 11.4 Å². The molecule has 1 aromatic carbocycles. The molecule has 0 amide bonds. The van der Waals surface area contributed by atoms with Crippen molar-refractivity contribution in [1.82, 2.24) is 4.98 Å². The first-order chi connectivity index (χ1) is 11.6. The van der Waals surface area contributed by atoms with Gasteiger partial charge in [0.2, 0.25) is 0 Å². The highest BCUT2D eigenvalue weighted by molar-refractivity contribution is 6.04. The third-order valence-corrected chi connectivity index (χ3v) is 3.67. The van der Waals surface area contributed by atoms with Crippen molar-refractivity contribution in [1.29, 1.82) is 0 Å². The second-order valence-electron chi connectivity index (χ2n) is 7.35. The summed E-state index contributed by atoms with van der Waals surface area (Å²) in [5, 5.41) is 12.2. The summed E-state index contributed by atoms with van der Waals surface area (Å²) in [5.74, 6) is -0.390. The van der Waals surface area contributed by atoms with E-state index in [9.17, 15) is 9.59 Å². The third-order valence-electron chi connectivity index (χ3n) is 3.67. The summed E-state index contributed by atoms with van der Waals surface area (Å²) in [7, 11) is 0. The van der Waals surface area contributed by atoms with Crippen LogP contribution in [0.15, 0.2) is 36.4 Å². The van der Waals surface area contributed by atoms with E-state index in [2.05, 4.69) is 10.3 Å². The number of carboxylic acids is 1. The van der Waals surface area contributed by atoms with Gasteiger partial charge in [0.05, 0.1) is 16.8 Å². The van der Waals surface area contributed by atoms with Crippen molar-refractivity contribution in [2.24, 2.45) is 5.41 Å². The number of nitrogens with zero attached hydrogens (tertiary/aromatic N) is 1. The Bertz CT molecular complexity index is 788. The number of nitrogens with one attached hydrogen (secondary N) is 1. The number of hydrogen-bond acceptors (Lipinski definition) is 4. The highest BCUT2D eigenvalue weighted by Crippen LogP contribution is 2.28. The van der Waals surface area contributed by atoms with Gasteiger partial charge in [0.1, 0.15) is 5.82 Å². The van der Waals surface area contributed by atoms with E-state index in [1.165, 1.54) is 0 Å². The van der Waals surface area contributed by atoms with Gasteiger partial charge in [-0.15, -0.1) is 0 Å². The minimum atomic E-state index is -0.965. The maximum Gasteiger partial charge on any atom is 0.335 e. The molecule has 132 valence electrons. The Hall–Kier alpha value is -2.69. The third kappa shape index (κ3) is 4.44. The van der Waals surface area contributed by atoms with Crippen molar-refractivity contribution in [3.63, 3.8) is 0 Å². The number of rotatable bonds is 5. The predicted molar refractivity (Wildman–Crippen MR) is 99.2 cm³/mol. The van der Waals surface area contributed by atoms with E-state index in [0.717, 1.165) is 5.56 Å². The van der Waals surface area contributed by atoms with Gasteiger partial charge in [-0.3, -0.25) is 4.79 Å². The van der Waals surface area contributed by atoms with Gasteiger partial charge in [-0.1, -0.05) is 32.9 Å². The first-order valence-corrected chi connectivity index (χ1v) is 8.25. The molecule has 0 spiro atoms. The monoisotopic (exact) mass is 340 g/mol. The molecule has 0 saturated heterocycles. The summed E-state index contributed by atoms with van der Waals surface area (Å²) in [4.78, 5) is 28.3. The van der Waals surface area contributed by atoms with Gasteiger partial charge in [-0.2, -0.15) is 0 Å². The summed E-state index contributed by atoms with van der Waals surface area (Å²) >= 11 is 0. The zero-order valence-electron chi connectivity index (χ0n) is 15.3. The van der Waals surface area contributed by atoms with E-state index in [4.69, 9.17) is 5.11 Å². The van der Waals surface area contributed by atoms with E-state index in [1.54, 1.807) is 36.4 Å². The van der Waals surface area contributed by atoms with Gasteiger partial charge in [-0.25, -0.2) is 9.78 Å². The van der Waals surface area contributed by atoms with Gasteiger partial charge in [-0.05, 0) is 38.1 Å². The minimum Gasteiger partial charge on any atom is -0.478 e. The van der Waals surface area contributed by atoms with Crippen molar-refractivity contribution < 1.29 is 14.7 Å². The Kier molecular flexibility index (Phi) is 5.26. The van der Waals surface area contributed by atoms with Crippen LogP contribution in [0.25, 0.3) is 11.3 Å². The van der Waals surface area contributed by atoms with Gasteiger partial charge in [0.25, 0.3) is 0 Å². The van der Waals surface area contributed by atoms with E-state index in [1.807, 2.05) is 34.6 Å². The number of pyridine rings is 1. The molecule has 0 aliphatic rings. The molecule has 2 aromatic rings. The fraction of sp³-hybridized carbons (Fsp3) is 0.350. The Morgan fingerprint density at radius 2 is 1.64 bits per heavy atom. The van der Waals surface area contributed by atoms with E-state index in [0.29, 0.717) is 17.1 Å². The van der Waals surface area contributed by atoms with Gasteiger partial charge < -0.3 is 10.4 Å². The van der Waals surface area contributed by atoms with Gasteiger partial charge in [0.15, 0.2) is 5.78 Å². The molecule has 0 unspecified atom stereocenters. The molecule has 1 heterocycles. The molecule has 0 saturated carbocycles. The lowest BCUT2D eigenvalue weighted by Gasteiger charge is -2.20. The van der Waals surface area contributed by atoms with Gasteiger partial charge in [0, 0.05) is 17.0 Å². The molecule has 25 heavy (non-hydrogen) atoms. The highest BCUT2D eigenvalue weighted by atomic mass is 16.4. The fourth-order valence-electron chi connectivity index (χ4n) is 2.37. The SMILES string of the molecule is CC(C)Nc1nc(-c2ccc(C(=O)O)cc2)ccc1C(=O)C(C)(C)C. The molecule has 0 atom stereocenters. The quantitative estimate of drug-likeness (QED) is 0.784. The van der Waals surface area contributed by atoms with Crippen molar-refractivity contribution in [3.05, 3.63) is 47.5 Å².